The average molecular weight is 485 g/mol. The van der Waals surface area contributed by atoms with Gasteiger partial charge in [-0.2, -0.15) is 0 Å². The Hall–Kier alpha value is -1.51. The lowest BCUT2D eigenvalue weighted by Crippen LogP contribution is -2.42. The monoisotopic (exact) mass is 485 g/mol. The molecule has 2 amide bonds. The first-order chi connectivity index (χ1) is 12.5. The summed E-state index contributed by atoms with van der Waals surface area (Å²) in [5.74, 6) is 0.993. The van der Waals surface area contributed by atoms with E-state index in [0.717, 1.165) is 31.3 Å². The van der Waals surface area contributed by atoms with Gasteiger partial charge in [0.05, 0.1) is 0 Å². The topological polar surface area (TPSA) is 68.8 Å². The smallest absolute Gasteiger partial charge is 0.319 e. The number of nitrogens with zero attached hydrogens (tertiary/aromatic N) is 2. The molecule has 1 saturated carbocycles. The standard InChI is InChI=1S/C20H31N5O.HI/c1-15(2)23-19(26)24-17-7-5-16(6-8-17)13-22-18(21-3)25-12-11-20(14-25)9-4-10-20;/h5-8,15H,4,9-14H2,1-3H3,(H,21,22)(H2,23,24,26);1H. The molecule has 2 fully saturated rings. The number of aliphatic imine (C=N–C) groups is 1. The van der Waals surface area contributed by atoms with Crippen molar-refractivity contribution in [2.24, 2.45) is 10.4 Å². The first-order valence-electron chi connectivity index (χ1n) is 9.62. The number of carbonyl (C=O) groups excluding carboxylic acids is 1. The highest BCUT2D eigenvalue weighted by Gasteiger charge is 2.43. The number of benzene rings is 1. The molecule has 0 atom stereocenters. The number of halogens is 1. The van der Waals surface area contributed by atoms with Gasteiger partial charge in [-0.05, 0) is 56.2 Å². The van der Waals surface area contributed by atoms with E-state index in [1.807, 2.05) is 45.2 Å². The molecule has 1 aromatic rings. The molecule has 1 aliphatic heterocycles. The zero-order chi connectivity index (χ0) is 18.6. The molecule has 1 aromatic carbocycles. The molecule has 0 aromatic heterocycles. The van der Waals surface area contributed by atoms with Crippen molar-refractivity contribution < 1.29 is 4.79 Å². The molecule has 3 N–H and O–H groups in total. The van der Waals surface area contributed by atoms with Gasteiger partial charge in [-0.25, -0.2) is 4.79 Å². The number of nitrogens with one attached hydrogen (secondary N) is 3. The molecule has 27 heavy (non-hydrogen) atoms. The molecule has 1 heterocycles. The minimum atomic E-state index is -0.176. The molecule has 1 aliphatic carbocycles. The van der Waals surface area contributed by atoms with Crippen molar-refractivity contribution in [2.45, 2.75) is 52.1 Å². The molecule has 150 valence electrons. The predicted octanol–water partition coefficient (Wildman–Crippen LogP) is 3.79. The Morgan fingerprint density at radius 3 is 2.44 bits per heavy atom. The second kappa shape index (κ2) is 9.61. The predicted molar refractivity (Wildman–Crippen MR) is 122 cm³/mol. The van der Waals surface area contributed by atoms with Gasteiger partial charge in [0, 0.05) is 38.4 Å². The Balaban J connectivity index is 0.00000261. The summed E-state index contributed by atoms with van der Waals surface area (Å²) in [6.07, 6.45) is 5.43. The number of likely N-dealkylation sites (tertiary alicyclic amines) is 1. The molecular formula is C20H32IN5O. The van der Waals surface area contributed by atoms with Gasteiger partial charge in [-0.15, -0.1) is 24.0 Å². The summed E-state index contributed by atoms with van der Waals surface area (Å²) in [5.41, 5.74) is 2.53. The van der Waals surface area contributed by atoms with E-state index < -0.39 is 0 Å². The molecule has 3 rings (SSSR count). The lowest BCUT2D eigenvalue weighted by Gasteiger charge is -2.38. The van der Waals surface area contributed by atoms with Crippen molar-refractivity contribution in [2.75, 3.05) is 25.5 Å². The maximum atomic E-state index is 11.7. The van der Waals surface area contributed by atoms with E-state index in [9.17, 15) is 4.79 Å². The van der Waals surface area contributed by atoms with Gasteiger partial charge >= 0.3 is 6.03 Å². The van der Waals surface area contributed by atoms with Crippen molar-refractivity contribution >= 4 is 41.7 Å². The van der Waals surface area contributed by atoms with E-state index in [4.69, 9.17) is 0 Å². The molecule has 0 radical (unpaired) electrons. The lowest BCUT2D eigenvalue weighted by molar-refractivity contribution is 0.151. The first kappa shape index (κ1) is 21.8. The minimum Gasteiger partial charge on any atom is -0.352 e. The molecule has 1 saturated heterocycles. The van der Waals surface area contributed by atoms with Crippen LogP contribution in [0.4, 0.5) is 10.5 Å². The molecular weight excluding hydrogens is 453 g/mol. The third-order valence-corrected chi connectivity index (χ3v) is 5.45. The van der Waals surface area contributed by atoms with Crippen LogP contribution in [0.25, 0.3) is 0 Å². The van der Waals surface area contributed by atoms with Gasteiger partial charge in [0.15, 0.2) is 5.96 Å². The maximum Gasteiger partial charge on any atom is 0.319 e. The van der Waals surface area contributed by atoms with Crippen LogP contribution < -0.4 is 16.0 Å². The number of carbonyl (C=O) groups is 1. The second-order valence-electron chi connectivity index (χ2n) is 7.88. The normalized spacial score (nSPS) is 18.1. The Bertz CT molecular complexity index is 655. The lowest BCUT2D eigenvalue weighted by atomic mass is 9.68. The number of anilines is 1. The Morgan fingerprint density at radius 1 is 1.22 bits per heavy atom. The summed E-state index contributed by atoms with van der Waals surface area (Å²) >= 11 is 0. The fraction of sp³-hybridized carbons (Fsp3) is 0.600. The van der Waals surface area contributed by atoms with Gasteiger partial charge in [-0.1, -0.05) is 18.6 Å². The zero-order valence-corrected chi connectivity index (χ0v) is 18.9. The number of urea groups is 1. The molecule has 7 heteroatoms. The highest BCUT2D eigenvalue weighted by atomic mass is 127. The highest BCUT2D eigenvalue weighted by molar-refractivity contribution is 14.0. The summed E-state index contributed by atoms with van der Waals surface area (Å²) in [5, 5.41) is 9.13. The summed E-state index contributed by atoms with van der Waals surface area (Å²) in [7, 11) is 1.86. The number of guanidine groups is 1. The molecule has 6 nitrogen and oxygen atoms in total. The van der Waals surface area contributed by atoms with E-state index in [-0.39, 0.29) is 36.0 Å². The van der Waals surface area contributed by atoms with Gasteiger partial charge < -0.3 is 20.9 Å². The number of rotatable bonds is 4. The van der Waals surface area contributed by atoms with Crippen molar-refractivity contribution in [3.05, 3.63) is 29.8 Å². The van der Waals surface area contributed by atoms with Gasteiger partial charge in [0.2, 0.25) is 0 Å². The molecule has 0 bridgehead atoms. The first-order valence-corrected chi connectivity index (χ1v) is 9.62. The van der Waals surface area contributed by atoms with Crippen LogP contribution in [-0.2, 0) is 6.54 Å². The second-order valence-corrected chi connectivity index (χ2v) is 7.88. The fourth-order valence-electron chi connectivity index (χ4n) is 3.85. The van der Waals surface area contributed by atoms with Crippen LogP contribution >= 0.6 is 24.0 Å². The summed E-state index contributed by atoms with van der Waals surface area (Å²) in [4.78, 5) is 18.6. The van der Waals surface area contributed by atoms with Gasteiger partial charge in [0.25, 0.3) is 0 Å². The fourth-order valence-corrected chi connectivity index (χ4v) is 3.85. The maximum absolute atomic E-state index is 11.7. The van der Waals surface area contributed by atoms with E-state index >= 15 is 0 Å². The summed E-state index contributed by atoms with van der Waals surface area (Å²) in [6.45, 7) is 6.85. The quantitative estimate of drug-likeness (QED) is 0.346. The van der Waals surface area contributed by atoms with Crippen LogP contribution in [0.15, 0.2) is 29.3 Å². The van der Waals surface area contributed by atoms with Crippen LogP contribution in [-0.4, -0.2) is 43.1 Å². The molecule has 0 unspecified atom stereocenters. The Labute approximate surface area is 179 Å². The molecule has 2 aliphatic rings. The molecule has 1 spiro atoms. The number of hydrogen-bond acceptors (Lipinski definition) is 2. The van der Waals surface area contributed by atoms with Crippen LogP contribution in [0.1, 0.15) is 45.1 Å². The van der Waals surface area contributed by atoms with Crippen LogP contribution in [0.5, 0.6) is 0 Å². The average Bonchev–Trinajstić information content (AvgIpc) is 3.02. The largest absolute Gasteiger partial charge is 0.352 e. The van der Waals surface area contributed by atoms with E-state index in [1.54, 1.807) is 0 Å². The van der Waals surface area contributed by atoms with Crippen molar-refractivity contribution in [1.29, 1.82) is 0 Å². The summed E-state index contributed by atoms with van der Waals surface area (Å²) < 4.78 is 0. The SMILES string of the molecule is CN=C(NCc1ccc(NC(=O)NC(C)C)cc1)N1CCC2(CCC2)C1.I. The third-order valence-electron chi connectivity index (χ3n) is 5.45. The van der Waals surface area contributed by atoms with Gasteiger partial charge in [-0.3, -0.25) is 4.99 Å². The van der Waals surface area contributed by atoms with Crippen LogP contribution in [0, 0.1) is 5.41 Å². The Morgan fingerprint density at radius 2 is 1.93 bits per heavy atom. The van der Waals surface area contributed by atoms with Crippen LogP contribution in [0.3, 0.4) is 0 Å². The number of amides is 2. The Kier molecular flexibility index (Phi) is 7.76. The van der Waals surface area contributed by atoms with Gasteiger partial charge in [0.1, 0.15) is 0 Å². The van der Waals surface area contributed by atoms with Crippen molar-refractivity contribution in [3.63, 3.8) is 0 Å². The van der Waals surface area contributed by atoms with Crippen LogP contribution in [0.2, 0.25) is 0 Å². The van der Waals surface area contributed by atoms with E-state index in [1.165, 1.54) is 31.2 Å². The minimum absolute atomic E-state index is 0. The van der Waals surface area contributed by atoms with E-state index in [0.29, 0.717) is 5.41 Å². The highest BCUT2D eigenvalue weighted by Crippen LogP contribution is 2.47. The van der Waals surface area contributed by atoms with E-state index in [2.05, 4.69) is 25.8 Å². The third kappa shape index (κ3) is 5.73. The van der Waals surface area contributed by atoms with Crippen molar-refractivity contribution in [3.8, 4) is 0 Å². The number of hydrogen-bond donors (Lipinski definition) is 3. The van der Waals surface area contributed by atoms with Crippen molar-refractivity contribution in [1.82, 2.24) is 15.5 Å². The zero-order valence-electron chi connectivity index (χ0n) is 16.5. The summed E-state index contributed by atoms with van der Waals surface area (Å²) in [6, 6.07) is 7.86.